The first-order chi connectivity index (χ1) is 11.2. The van der Waals surface area contributed by atoms with Crippen LogP contribution in [0.1, 0.15) is 49.1 Å². The zero-order valence-corrected chi connectivity index (χ0v) is 15.9. The number of hydrogen-bond acceptors (Lipinski definition) is 2. The fourth-order valence-corrected chi connectivity index (χ4v) is 3.91. The van der Waals surface area contributed by atoms with E-state index in [4.69, 9.17) is 0 Å². The van der Waals surface area contributed by atoms with Crippen LogP contribution in [0.2, 0.25) is 0 Å². The molecule has 130 valence electrons. The summed E-state index contributed by atoms with van der Waals surface area (Å²) in [7, 11) is -3.53. The summed E-state index contributed by atoms with van der Waals surface area (Å²) in [6.07, 6.45) is 0.951. The highest BCUT2D eigenvalue weighted by Gasteiger charge is 2.18. The summed E-state index contributed by atoms with van der Waals surface area (Å²) < 4.78 is 27.9. The predicted octanol–water partition coefficient (Wildman–Crippen LogP) is 4.54. The molecular formula is C20H27NO2S. The molecule has 3 nitrogen and oxygen atoms in total. The van der Waals surface area contributed by atoms with E-state index in [1.54, 1.807) is 12.1 Å². The van der Waals surface area contributed by atoms with Crippen molar-refractivity contribution < 1.29 is 8.42 Å². The standard InChI is InChI=1S/C20H27NO2S/c1-14(2)12-18-7-10-20(11-8-18)24(22,23)21-17(5)19-9-6-15(3)16(4)13-19/h6-11,13-14,17,21H,12H2,1-5H3. The van der Waals surface area contributed by atoms with Crippen LogP contribution in [0.25, 0.3) is 0 Å². The summed E-state index contributed by atoms with van der Waals surface area (Å²) in [5, 5.41) is 0. The second kappa shape index (κ2) is 7.49. The average Bonchev–Trinajstić information content (AvgIpc) is 2.49. The van der Waals surface area contributed by atoms with E-state index >= 15 is 0 Å². The maximum atomic E-state index is 12.6. The van der Waals surface area contributed by atoms with Gasteiger partial charge in [0.1, 0.15) is 0 Å². The summed E-state index contributed by atoms with van der Waals surface area (Å²) in [6.45, 7) is 10.3. The van der Waals surface area contributed by atoms with Crippen LogP contribution in [-0.4, -0.2) is 8.42 Å². The fraction of sp³-hybridized carbons (Fsp3) is 0.400. The number of rotatable bonds is 6. The molecule has 0 heterocycles. The SMILES string of the molecule is Cc1ccc(C(C)NS(=O)(=O)c2ccc(CC(C)C)cc2)cc1C. The molecular weight excluding hydrogens is 318 g/mol. The Kier molecular flexibility index (Phi) is 5.83. The lowest BCUT2D eigenvalue weighted by molar-refractivity contribution is 0.566. The molecule has 0 radical (unpaired) electrons. The van der Waals surface area contributed by atoms with Crippen LogP contribution in [0.5, 0.6) is 0 Å². The average molecular weight is 346 g/mol. The second-order valence-corrected chi connectivity index (χ2v) is 8.64. The molecule has 0 fully saturated rings. The van der Waals surface area contributed by atoms with E-state index in [9.17, 15) is 8.42 Å². The molecule has 0 aliphatic rings. The molecule has 1 atom stereocenters. The van der Waals surface area contributed by atoms with Gasteiger partial charge in [0.25, 0.3) is 0 Å². The molecule has 1 N–H and O–H groups in total. The highest BCUT2D eigenvalue weighted by atomic mass is 32.2. The Bertz CT molecular complexity index is 793. The lowest BCUT2D eigenvalue weighted by Gasteiger charge is -2.16. The highest BCUT2D eigenvalue weighted by Crippen LogP contribution is 2.20. The predicted molar refractivity (Wildman–Crippen MR) is 99.6 cm³/mol. The van der Waals surface area contributed by atoms with Crippen LogP contribution < -0.4 is 4.72 Å². The maximum Gasteiger partial charge on any atom is 0.241 e. The third-order valence-electron chi connectivity index (χ3n) is 4.24. The van der Waals surface area contributed by atoms with E-state index in [0.29, 0.717) is 10.8 Å². The first-order valence-corrected chi connectivity index (χ1v) is 9.86. The molecule has 2 rings (SSSR count). The number of aryl methyl sites for hydroxylation is 2. The van der Waals surface area contributed by atoms with Gasteiger partial charge in [-0.3, -0.25) is 0 Å². The molecule has 2 aromatic rings. The van der Waals surface area contributed by atoms with E-state index in [-0.39, 0.29) is 6.04 Å². The molecule has 0 amide bonds. The van der Waals surface area contributed by atoms with Crippen LogP contribution in [0.3, 0.4) is 0 Å². The first-order valence-electron chi connectivity index (χ1n) is 8.37. The zero-order valence-electron chi connectivity index (χ0n) is 15.1. The Balaban J connectivity index is 2.16. The lowest BCUT2D eigenvalue weighted by Crippen LogP contribution is -2.27. The molecule has 0 saturated carbocycles. The molecule has 0 aliphatic carbocycles. The molecule has 1 unspecified atom stereocenters. The van der Waals surface area contributed by atoms with Crippen LogP contribution in [0.15, 0.2) is 47.4 Å². The van der Waals surface area contributed by atoms with Gasteiger partial charge in [0.15, 0.2) is 0 Å². The molecule has 0 aliphatic heterocycles. The minimum Gasteiger partial charge on any atom is -0.207 e. The first kappa shape index (κ1) is 18.7. The zero-order chi connectivity index (χ0) is 17.9. The number of hydrogen-bond donors (Lipinski definition) is 1. The van der Waals surface area contributed by atoms with Crippen molar-refractivity contribution in [2.75, 3.05) is 0 Å². The number of sulfonamides is 1. The second-order valence-electron chi connectivity index (χ2n) is 6.93. The molecule has 0 saturated heterocycles. The van der Waals surface area contributed by atoms with E-state index in [1.165, 1.54) is 5.56 Å². The van der Waals surface area contributed by atoms with Gasteiger partial charge >= 0.3 is 0 Å². The Morgan fingerprint density at radius 3 is 2.08 bits per heavy atom. The monoisotopic (exact) mass is 345 g/mol. The summed E-state index contributed by atoms with van der Waals surface area (Å²) in [5.74, 6) is 0.551. The number of nitrogens with one attached hydrogen (secondary N) is 1. The molecule has 4 heteroatoms. The van der Waals surface area contributed by atoms with Crippen LogP contribution >= 0.6 is 0 Å². The summed E-state index contributed by atoms with van der Waals surface area (Å²) in [4.78, 5) is 0.311. The van der Waals surface area contributed by atoms with E-state index in [2.05, 4.69) is 18.6 Å². The summed E-state index contributed by atoms with van der Waals surface area (Å²) in [5.41, 5.74) is 4.50. The van der Waals surface area contributed by atoms with Crippen molar-refractivity contribution >= 4 is 10.0 Å². The van der Waals surface area contributed by atoms with Crippen molar-refractivity contribution in [2.24, 2.45) is 5.92 Å². The smallest absolute Gasteiger partial charge is 0.207 e. The molecule has 0 aromatic heterocycles. The van der Waals surface area contributed by atoms with Gasteiger partial charge < -0.3 is 0 Å². The third kappa shape index (κ3) is 4.68. The Morgan fingerprint density at radius 1 is 0.917 bits per heavy atom. The van der Waals surface area contributed by atoms with Crippen molar-refractivity contribution in [1.29, 1.82) is 0 Å². The molecule has 24 heavy (non-hydrogen) atoms. The molecule has 0 bridgehead atoms. The minimum atomic E-state index is -3.53. The van der Waals surface area contributed by atoms with Crippen molar-refractivity contribution in [3.63, 3.8) is 0 Å². The van der Waals surface area contributed by atoms with E-state index in [1.807, 2.05) is 51.1 Å². The van der Waals surface area contributed by atoms with Gasteiger partial charge in [-0.25, -0.2) is 13.1 Å². The highest BCUT2D eigenvalue weighted by molar-refractivity contribution is 7.89. The maximum absolute atomic E-state index is 12.6. The van der Waals surface area contributed by atoms with Gasteiger partial charge in [-0.1, -0.05) is 44.2 Å². The van der Waals surface area contributed by atoms with Crippen molar-refractivity contribution in [1.82, 2.24) is 4.72 Å². The summed E-state index contributed by atoms with van der Waals surface area (Å²) >= 11 is 0. The van der Waals surface area contributed by atoms with Crippen molar-refractivity contribution in [3.8, 4) is 0 Å². The van der Waals surface area contributed by atoms with Gasteiger partial charge in [-0.15, -0.1) is 0 Å². The van der Waals surface area contributed by atoms with Crippen LogP contribution in [0.4, 0.5) is 0 Å². The van der Waals surface area contributed by atoms with Crippen LogP contribution in [-0.2, 0) is 16.4 Å². The van der Waals surface area contributed by atoms with Crippen molar-refractivity contribution in [3.05, 3.63) is 64.7 Å². The van der Waals surface area contributed by atoms with Gasteiger partial charge in [0.05, 0.1) is 4.90 Å². The van der Waals surface area contributed by atoms with Crippen LogP contribution in [0, 0.1) is 19.8 Å². The normalized spacial score (nSPS) is 13.2. The van der Waals surface area contributed by atoms with Gasteiger partial charge in [0.2, 0.25) is 10.0 Å². The molecule has 0 spiro atoms. The Morgan fingerprint density at radius 2 is 1.54 bits per heavy atom. The number of benzene rings is 2. The Hall–Kier alpha value is -1.65. The fourth-order valence-electron chi connectivity index (χ4n) is 2.68. The van der Waals surface area contributed by atoms with Gasteiger partial charge in [-0.05, 0) is 67.5 Å². The molecule has 2 aromatic carbocycles. The minimum absolute atomic E-state index is 0.273. The van der Waals surface area contributed by atoms with Crippen molar-refractivity contribution in [2.45, 2.75) is 52.0 Å². The van der Waals surface area contributed by atoms with Gasteiger partial charge in [0, 0.05) is 6.04 Å². The Labute approximate surface area is 146 Å². The largest absolute Gasteiger partial charge is 0.241 e. The summed E-state index contributed by atoms with van der Waals surface area (Å²) in [6, 6.07) is 12.9. The topological polar surface area (TPSA) is 46.2 Å². The van der Waals surface area contributed by atoms with E-state index < -0.39 is 10.0 Å². The quantitative estimate of drug-likeness (QED) is 0.835. The van der Waals surface area contributed by atoms with E-state index in [0.717, 1.165) is 23.1 Å². The lowest BCUT2D eigenvalue weighted by atomic mass is 10.0. The van der Waals surface area contributed by atoms with Gasteiger partial charge in [-0.2, -0.15) is 0 Å². The third-order valence-corrected chi connectivity index (χ3v) is 5.80.